The minimum Gasteiger partial charge on any atom is -0.313 e. The van der Waals surface area contributed by atoms with Crippen LogP contribution in [0.5, 0.6) is 0 Å². The van der Waals surface area contributed by atoms with Gasteiger partial charge in [0.1, 0.15) is 5.82 Å². The fourth-order valence-corrected chi connectivity index (χ4v) is 6.21. The normalized spacial score (nSPS) is 38.7. The van der Waals surface area contributed by atoms with Crippen LogP contribution >= 0.6 is 0 Å². The second-order valence-corrected chi connectivity index (χ2v) is 8.01. The highest BCUT2D eigenvalue weighted by Gasteiger charge is 2.54. The van der Waals surface area contributed by atoms with E-state index >= 15 is 0 Å². The summed E-state index contributed by atoms with van der Waals surface area (Å²) in [5.41, 5.74) is 2.49. The van der Waals surface area contributed by atoms with Gasteiger partial charge in [0.25, 0.3) is 0 Å². The Bertz CT molecular complexity index is 515. The maximum atomic E-state index is 13.6. The lowest BCUT2D eigenvalue weighted by atomic mass is 9.47. The van der Waals surface area contributed by atoms with Crippen molar-refractivity contribution < 1.29 is 4.39 Å². The van der Waals surface area contributed by atoms with Crippen molar-refractivity contribution in [2.24, 2.45) is 23.2 Å². The zero-order valence-corrected chi connectivity index (χ0v) is 13.2. The second-order valence-electron chi connectivity index (χ2n) is 8.01. The molecule has 2 heteroatoms. The third kappa shape index (κ3) is 2.14. The maximum absolute atomic E-state index is 13.6. The predicted octanol–water partition coefficient (Wildman–Crippen LogP) is 4.61. The Morgan fingerprint density at radius 3 is 2.14 bits per heavy atom. The highest BCUT2D eigenvalue weighted by Crippen LogP contribution is 2.63. The molecule has 114 valence electrons. The van der Waals surface area contributed by atoms with Crippen molar-refractivity contribution in [2.45, 2.75) is 51.5 Å². The van der Waals surface area contributed by atoms with Gasteiger partial charge in [0.2, 0.25) is 0 Å². The van der Waals surface area contributed by atoms with Gasteiger partial charge >= 0.3 is 0 Å². The summed E-state index contributed by atoms with van der Waals surface area (Å²) < 4.78 is 13.6. The third-order valence-corrected chi connectivity index (χ3v) is 6.50. The molecule has 4 bridgehead atoms. The van der Waals surface area contributed by atoms with Crippen LogP contribution < -0.4 is 5.32 Å². The van der Waals surface area contributed by atoms with Crippen molar-refractivity contribution >= 4 is 0 Å². The summed E-state index contributed by atoms with van der Waals surface area (Å²) in [4.78, 5) is 0. The number of benzene rings is 1. The first-order chi connectivity index (χ1) is 10.1. The molecule has 0 radical (unpaired) electrons. The number of aryl methyl sites for hydroxylation is 1. The Labute approximate surface area is 127 Å². The summed E-state index contributed by atoms with van der Waals surface area (Å²) in [5, 5.41) is 3.60. The van der Waals surface area contributed by atoms with E-state index in [9.17, 15) is 4.39 Å². The molecule has 4 aliphatic carbocycles. The first kappa shape index (κ1) is 13.8. The van der Waals surface area contributed by atoms with Gasteiger partial charge < -0.3 is 5.32 Å². The van der Waals surface area contributed by atoms with E-state index in [1.165, 1.54) is 44.1 Å². The number of hydrogen-bond acceptors (Lipinski definition) is 1. The summed E-state index contributed by atoms with van der Waals surface area (Å²) in [6.45, 7) is 1.88. The van der Waals surface area contributed by atoms with Gasteiger partial charge in [-0.15, -0.1) is 0 Å². The summed E-state index contributed by atoms with van der Waals surface area (Å²) >= 11 is 0. The Morgan fingerprint density at radius 1 is 1.10 bits per heavy atom. The molecule has 0 spiro atoms. The molecular weight excluding hydrogens is 261 g/mol. The Kier molecular flexibility index (Phi) is 3.15. The van der Waals surface area contributed by atoms with Crippen molar-refractivity contribution in [3.05, 3.63) is 35.1 Å². The lowest BCUT2D eigenvalue weighted by Crippen LogP contribution is -2.51. The summed E-state index contributed by atoms with van der Waals surface area (Å²) in [6, 6.07) is 6.11. The minimum atomic E-state index is -0.0842. The third-order valence-electron chi connectivity index (χ3n) is 6.50. The lowest BCUT2D eigenvalue weighted by Gasteiger charge is -2.59. The van der Waals surface area contributed by atoms with Crippen LogP contribution in [-0.2, 0) is 0 Å². The maximum Gasteiger partial charge on any atom is 0.126 e. The zero-order valence-electron chi connectivity index (χ0n) is 13.2. The van der Waals surface area contributed by atoms with Crippen molar-refractivity contribution in [2.75, 3.05) is 7.05 Å². The molecule has 0 aliphatic heterocycles. The van der Waals surface area contributed by atoms with Gasteiger partial charge in [-0.05, 0) is 92.9 Å². The minimum absolute atomic E-state index is 0.0842. The Hall–Kier alpha value is -0.890. The van der Waals surface area contributed by atoms with Crippen molar-refractivity contribution in [1.29, 1.82) is 0 Å². The van der Waals surface area contributed by atoms with Gasteiger partial charge in [0.15, 0.2) is 0 Å². The first-order valence-corrected chi connectivity index (χ1v) is 8.53. The van der Waals surface area contributed by atoms with E-state index in [1.807, 2.05) is 13.0 Å². The fraction of sp³-hybridized carbons (Fsp3) is 0.684. The van der Waals surface area contributed by atoms with Crippen LogP contribution in [0, 0.1) is 35.9 Å². The first-order valence-electron chi connectivity index (χ1n) is 8.53. The van der Waals surface area contributed by atoms with Crippen molar-refractivity contribution in [3.8, 4) is 0 Å². The zero-order chi connectivity index (χ0) is 14.6. The molecule has 1 aromatic carbocycles. The SMILES string of the molecule is CNC(c1ccc(F)c(C)c1)C12CC3CC(CC(C3)C1)C2. The van der Waals surface area contributed by atoms with E-state index in [1.54, 1.807) is 6.07 Å². The predicted molar refractivity (Wildman–Crippen MR) is 83.5 cm³/mol. The molecule has 1 nitrogen and oxygen atoms in total. The molecule has 21 heavy (non-hydrogen) atoms. The molecule has 1 atom stereocenters. The Balaban J connectivity index is 1.70. The fourth-order valence-electron chi connectivity index (χ4n) is 6.21. The van der Waals surface area contributed by atoms with Gasteiger partial charge in [-0.2, -0.15) is 0 Å². The van der Waals surface area contributed by atoms with Crippen LogP contribution in [0.2, 0.25) is 0 Å². The highest BCUT2D eigenvalue weighted by molar-refractivity contribution is 5.29. The van der Waals surface area contributed by atoms with E-state index < -0.39 is 0 Å². The van der Waals surface area contributed by atoms with Gasteiger partial charge in [0.05, 0.1) is 0 Å². The molecule has 0 saturated heterocycles. The van der Waals surface area contributed by atoms with E-state index in [0.29, 0.717) is 11.5 Å². The van der Waals surface area contributed by atoms with Gasteiger partial charge in [-0.3, -0.25) is 0 Å². The number of halogens is 1. The molecule has 1 unspecified atom stereocenters. The molecule has 0 aromatic heterocycles. The van der Waals surface area contributed by atoms with Gasteiger partial charge in [-0.1, -0.05) is 12.1 Å². The standard InChI is InChI=1S/C19H26FN/c1-12-5-16(3-4-17(12)20)18(21-2)19-9-13-6-14(10-19)8-15(7-13)11-19/h3-5,13-15,18,21H,6-11H2,1-2H3. The number of nitrogens with one attached hydrogen (secondary N) is 1. The summed E-state index contributed by atoms with van der Waals surface area (Å²) in [7, 11) is 2.09. The average molecular weight is 287 g/mol. The number of rotatable bonds is 3. The van der Waals surface area contributed by atoms with Gasteiger partial charge in [-0.25, -0.2) is 4.39 Å². The molecule has 4 fully saturated rings. The van der Waals surface area contributed by atoms with E-state index in [2.05, 4.69) is 18.4 Å². The van der Waals surface area contributed by atoms with Crippen LogP contribution in [-0.4, -0.2) is 7.05 Å². The van der Waals surface area contributed by atoms with E-state index in [0.717, 1.165) is 23.3 Å². The van der Waals surface area contributed by atoms with E-state index in [-0.39, 0.29) is 5.82 Å². The van der Waals surface area contributed by atoms with Crippen LogP contribution in [0.25, 0.3) is 0 Å². The Morgan fingerprint density at radius 2 is 1.67 bits per heavy atom. The molecule has 0 amide bonds. The van der Waals surface area contributed by atoms with E-state index in [4.69, 9.17) is 0 Å². The van der Waals surface area contributed by atoms with Crippen LogP contribution in [0.4, 0.5) is 4.39 Å². The summed E-state index contributed by atoms with van der Waals surface area (Å²) in [6.07, 6.45) is 8.54. The van der Waals surface area contributed by atoms with Crippen LogP contribution in [0.15, 0.2) is 18.2 Å². The van der Waals surface area contributed by atoms with Crippen molar-refractivity contribution in [1.82, 2.24) is 5.32 Å². The molecule has 1 N–H and O–H groups in total. The molecule has 4 aliphatic rings. The lowest BCUT2D eigenvalue weighted by molar-refractivity contribution is -0.0736. The molecule has 5 rings (SSSR count). The number of hydrogen-bond donors (Lipinski definition) is 1. The highest BCUT2D eigenvalue weighted by atomic mass is 19.1. The largest absolute Gasteiger partial charge is 0.313 e. The summed E-state index contributed by atoms with van der Waals surface area (Å²) in [5.74, 6) is 2.77. The molecule has 1 aromatic rings. The molecular formula is C19H26FN. The topological polar surface area (TPSA) is 12.0 Å². The molecule has 0 heterocycles. The van der Waals surface area contributed by atoms with Crippen LogP contribution in [0.3, 0.4) is 0 Å². The van der Waals surface area contributed by atoms with Crippen molar-refractivity contribution in [3.63, 3.8) is 0 Å². The second kappa shape index (κ2) is 4.81. The average Bonchev–Trinajstić information content (AvgIpc) is 2.41. The quantitative estimate of drug-likeness (QED) is 0.856. The van der Waals surface area contributed by atoms with Crippen LogP contribution in [0.1, 0.15) is 55.7 Å². The van der Waals surface area contributed by atoms with Gasteiger partial charge in [0, 0.05) is 6.04 Å². The molecule has 4 saturated carbocycles. The monoisotopic (exact) mass is 287 g/mol. The smallest absolute Gasteiger partial charge is 0.126 e.